The third-order valence-electron chi connectivity index (χ3n) is 3.12. The number of nitrogens with one attached hydrogen (secondary N) is 1. The maximum absolute atomic E-state index is 12.1. The van der Waals surface area contributed by atoms with Gasteiger partial charge in [0.2, 0.25) is 0 Å². The summed E-state index contributed by atoms with van der Waals surface area (Å²) >= 11 is 5.81. The van der Waals surface area contributed by atoms with E-state index in [1.165, 1.54) is 17.9 Å². The molecule has 0 fully saturated rings. The van der Waals surface area contributed by atoms with E-state index in [1.807, 2.05) is 13.8 Å². The zero-order valence-electron chi connectivity index (χ0n) is 10.8. The topological polar surface area (TPSA) is 90.0 Å². The summed E-state index contributed by atoms with van der Waals surface area (Å²) in [6, 6.07) is 0. The van der Waals surface area contributed by atoms with Crippen molar-refractivity contribution in [1.82, 2.24) is 14.5 Å². The van der Waals surface area contributed by atoms with Crippen molar-refractivity contribution >= 4 is 21.6 Å². The van der Waals surface area contributed by atoms with Crippen molar-refractivity contribution in [3.63, 3.8) is 0 Å². The van der Waals surface area contributed by atoms with Crippen LogP contribution in [0.2, 0.25) is 5.02 Å². The Bertz CT molecular complexity index is 488. The second-order valence-corrected chi connectivity index (χ2v) is 6.40. The number of aryl methyl sites for hydroxylation is 1. The van der Waals surface area contributed by atoms with Crippen molar-refractivity contribution < 1.29 is 8.42 Å². The van der Waals surface area contributed by atoms with Crippen LogP contribution in [0.5, 0.6) is 0 Å². The number of sulfonamides is 1. The van der Waals surface area contributed by atoms with Gasteiger partial charge in [0.25, 0.3) is 10.0 Å². The van der Waals surface area contributed by atoms with E-state index in [2.05, 4.69) is 9.82 Å². The maximum Gasteiger partial charge on any atom is 0.259 e. The molecule has 3 N–H and O–H groups in total. The van der Waals surface area contributed by atoms with Crippen molar-refractivity contribution in [2.75, 3.05) is 6.54 Å². The van der Waals surface area contributed by atoms with Crippen LogP contribution in [0.4, 0.5) is 0 Å². The van der Waals surface area contributed by atoms with Crippen molar-refractivity contribution in [2.24, 2.45) is 12.8 Å². The van der Waals surface area contributed by atoms with Crippen LogP contribution in [0.25, 0.3) is 0 Å². The van der Waals surface area contributed by atoms with Crippen LogP contribution < -0.4 is 10.5 Å². The predicted octanol–water partition coefficient (Wildman–Crippen LogP) is 0.869. The van der Waals surface area contributed by atoms with Crippen molar-refractivity contribution in [2.45, 2.75) is 37.3 Å². The molecule has 1 rings (SSSR count). The molecular formula is C10H19ClN4O2S. The maximum atomic E-state index is 12.1. The minimum Gasteiger partial charge on any atom is -0.324 e. The summed E-state index contributed by atoms with van der Waals surface area (Å²) in [6.45, 7) is 4.02. The highest BCUT2D eigenvalue weighted by molar-refractivity contribution is 7.89. The normalized spacial score (nSPS) is 12.9. The molecule has 0 saturated carbocycles. The van der Waals surface area contributed by atoms with Crippen molar-refractivity contribution in [3.8, 4) is 0 Å². The van der Waals surface area contributed by atoms with E-state index in [-0.39, 0.29) is 16.6 Å². The number of halogens is 1. The zero-order valence-corrected chi connectivity index (χ0v) is 12.3. The monoisotopic (exact) mass is 294 g/mol. The van der Waals surface area contributed by atoms with Crippen LogP contribution in [0.3, 0.4) is 0 Å². The van der Waals surface area contributed by atoms with Gasteiger partial charge < -0.3 is 5.73 Å². The van der Waals surface area contributed by atoms with E-state index in [0.717, 1.165) is 0 Å². The third kappa shape index (κ3) is 3.23. The van der Waals surface area contributed by atoms with E-state index in [9.17, 15) is 8.42 Å². The molecule has 0 unspecified atom stereocenters. The first-order valence-corrected chi connectivity index (χ1v) is 7.58. The SMILES string of the molecule is CCC(N)(CC)CNS(=O)(=O)c1c(Cl)cnn1C. The van der Waals surface area contributed by atoms with Gasteiger partial charge in [0.05, 0.1) is 11.2 Å². The van der Waals surface area contributed by atoms with Crippen LogP contribution in [-0.4, -0.2) is 30.3 Å². The van der Waals surface area contributed by atoms with Crippen LogP contribution in [0.15, 0.2) is 11.2 Å². The molecule has 6 nitrogen and oxygen atoms in total. The molecule has 0 radical (unpaired) electrons. The molecule has 0 aliphatic heterocycles. The highest BCUT2D eigenvalue weighted by Crippen LogP contribution is 2.20. The Hall–Kier alpha value is -0.630. The molecule has 0 bridgehead atoms. The van der Waals surface area contributed by atoms with Gasteiger partial charge >= 0.3 is 0 Å². The largest absolute Gasteiger partial charge is 0.324 e. The van der Waals surface area contributed by atoms with Gasteiger partial charge in [-0.05, 0) is 12.8 Å². The molecule has 1 aromatic heterocycles. The molecule has 0 aliphatic rings. The van der Waals surface area contributed by atoms with Gasteiger partial charge in [-0.25, -0.2) is 13.1 Å². The third-order valence-corrected chi connectivity index (χ3v) is 5.03. The molecule has 18 heavy (non-hydrogen) atoms. The summed E-state index contributed by atoms with van der Waals surface area (Å²) < 4.78 is 27.9. The Morgan fingerprint density at radius 2 is 2.06 bits per heavy atom. The lowest BCUT2D eigenvalue weighted by molar-refractivity contribution is 0.391. The highest BCUT2D eigenvalue weighted by Gasteiger charge is 2.27. The first-order chi connectivity index (χ1) is 8.25. The fourth-order valence-corrected chi connectivity index (χ4v) is 3.30. The molecule has 8 heteroatoms. The number of rotatable bonds is 6. The van der Waals surface area contributed by atoms with Gasteiger partial charge in [0, 0.05) is 19.1 Å². The van der Waals surface area contributed by atoms with Gasteiger partial charge in [-0.2, -0.15) is 5.10 Å². The molecule has 104 valence electrons. The van der Waals surface area contributed by atoms with Gasteiger partial charge in [-0.15, -0.1) is 0 Å². The van der Waals surface area contributed by atoms with Crippen LogP contribution in [0.1, 0.15) is 26.7 Å². The summed E-state index contributed by atoms with van der Waals surface area (Å²) in [5, 5.41) is 3.86. The molecule has 0 saturated heterocycles. The quantitative estimate of drug-likeness (QED) is 0.814. The fraction of sp³-hybridized carbons (Fsp3) is 0.700. The number of aromatic nitrogens is 2. The summed E-state index contributed by atoms with van der Waals surface area (Å²) in [4.78, 5) is 0. The summed E-state index contributed by atoms with van der Waals surface area (Å²) in [6.07, 6.45) is 2.67. The second kappa shape index (κ2) is 5.56. The summed E-state index contributed by atoms with van der Waals surface area (Å²) in [7, 11) is -2.17. The molecular weight excluding hydrogens is 276 g/mol. The van der Waals surface area contributed by atoms with Crippen molar-refractivity contribution in [1.29, 1.82) is 0 Å². The molecule has 1 aromatic rings. The second-order valence-electron chi connectivity index (χ2n) is 4.32. The molecule has 1 heterocycles. The molecule has 0 spiro atoms. The van der Waals surface area contributed by atoms with Gasteiger partial charge in [-0.3, -0.25) is 4.68 Å². The Labute approximate surface area is 113 Å². The minimum absolute atomic E-state index is 0.0428. The fourth-order valence-electron chi connectivity index (χ4n) is 1.51. The van der Waals surface area contributed by atoms with Gasteiger partial charge in [0.15, 0.2) is 5.03 Å². The smallest absolute Gasteiger partial charge is 0.259 e. The Morgan fingerprint density at radius 1 is 1.50 bits per heavy atom. The lowest BCUT2D eigenvalue weighted by Gasteiger charge is -2.26. The molecule has 0 aliphatic carbocycles. The van der Waals surface area contributed by atoms with Crippen molar-refractivity contribution in [3.05, 3.63) is 11.2 Å². The standard InChI is InChI=1S/C10H19ClN4O2S/c1-4-10(12,5-2)7-14-18(16,17)9-8(11)6-13-15(9)3/h6,14H,4-5,7,12H2,1-3H3. The molecule has 0 aromatic carbocycles. The number of nitrogens with two attached hydrogens (primary N) is 1. The number of hydrogen-bond acceptors (Lipinski definition) is 4. The van der Waals surface area contributed by atoms with E-state index < -0.39 is 15.6 Å². The molecule has 0 atom stereocenters. The number of nitrogens with zero attached hydrogens (tertiary/aromatic N) is 2. The van der Waals surface area contributed by atoms with Crippen LogP contribution in [0, 0.1) is 0 Å². The van der Waals surface area contributed by atoms with Gasteiger partial charge in [0.1, 0.15) is 0 Å². The van der Waals surface area contributed by atoms with E-state index in [4.69, 9.17) is 17.3 Å². The lowest BCUT2D eigenvalue weighted by Crippen LogP contribution is -2.49. The Kier molecular flexibility index (Phi) is 4.77. The van der Waals surface area contributed by atoms with Crippen LogP contribution >= 0.6 is 11.6 Å². The predicted molar refractivity (Wildman–Crippen MR) is 70.9 cm³/mol. The zero-order chi connectivity index (χ0) is 14.0. The first-order valence-electron chi connectivity index (χ1n) is 5.72. The summed E-state index contributed by atoms with van der Waals surface area (Å²) in [5.41, 5.74) is 5.51. The van der Waals surface area contributed by atoms with E-state index in [1.54, 1.807) is 0 Å². The Morgan fingerprint density at radius 3 is 2.44 bits per heavy atom. The lowest BCUT2D eigenvalue weighted by atomic mass is 9.95. The first kappa shape index (κ1) is 15.4. The Balaban J connectivity index is 2.91. The average molecular weight is 295 g/mol. The van der Waals surface area contributed by atoms with E-state index >= 15 is 0 Å². The molecule has 0 amide bonds. The van der Waals surface area contributed by atoms with Crippen LogP contribution in [-0.2, 0) is 17.1 Å². The minimum atomic E-state index is -3.69. The highest BCUT2D eigenvalue weighted by atomic mass is 35.5. The number of hydrogen-bond donors (Lipinski definition) is 2. The van der Waals surface area contributed by atoms with E-state index in [0.29, 0.717) is 12.8 Å². The summed E-state index contributed by atoms with van der Waals surface area (Å²) in [5.74, 6) is 0. The van der Waals surface area contributed by atoms with Gasteiger partial charge in [-0.1, -0.05) is 25.4 Å². The average Bonchev–Trinajstić information content (AvgIpc) is 2.67.